The molecule has 0 radical (unpaired) electrons. The monoisotopic (exact) mass is 487 g/mol. The lowest BCUT2D eigenvalue weighted by Gasteiger charge is -2.06. The van der Waals surface area contributed by atoms with Crippen LogP contribution in [-0.4, -0.2) is 38.1 Å². The number of carbonyl (C=O) groups is 2. The van der Waals surface area contributed by atoms with Crippen molar-refractivity contribution in [1.82, 2.24) is 15.0 Å². The summed E-state index contributed by atoms with van der Waals surface area (Å²) in [5.41, 5.74) is 2.90. The maximum absolute atomic E-state index is 12.3. The van der Waals surface area contributed by atoms with Crippen molar-refractivity contribution in [3.63, 3.8) is 0 Å². The maximum atomic E-state index is 12.3. The summed E-state index contributed by atoms with van der Waals surface area (Å²) in [5.74, 6) is -0.602. The van der Waals surface area contributed by atoms with Gasteiger partial charge in [0, 0.05) is 18.5 Å². The number of carbonyl (C=O) groups excluding carboxylic acids is 2. The highest BCUT2D eigenvalue weighted by Crippen LogP contribution is 2.13. The summed E-state index contributed by atoms with van der Waals surface area (Å²) in [4.78, 5) is 28.8. The van der Waals surface area contributed by atoms with Gasteiger partial charge in [0.2, 0.25) is 15.9 Å². The molecule has 0 bridgehead atoms. The Balaban J connectivity index is 1.42. The van der Waals surface area contributed by atoms with E-state index in [1.165, 1.54) is 11.3 Å². The number of benzene rings is 2. The van der Waals surface area contributed by atoms with Gasteiger partial charge < -0.3 is 10.1 Å². The van der Waals surface area contributed by atoms with Crippen molar-refractivity contribution < 1.29 is 22.7 Å². The van der Waals surface area contributed by atoms with E-state index in [2.05, 4.69) is 15.0 Å². The van der Waals surface area contributed by atoms with E-state index in [1.54, 1.807) is 29.6 Å². The average molecular weight is 488 g/mol. The summed E-state index contributed by atoms with van der Waals surface area (Å²) in [6.07, 6.45) is 1.79. The normalized spacial score (nSPS) is 11.2. The molecule has 0 saturated carbocycles. The molecule has 0 aliphatic carbocycles. The van der Waals surface area contributed by atoms with Gasteiger partial charge >= 0.3 is 5.97 Å². The Morgan fingerprint density at radius 3 is 2.45 bits per heavy atom. The highest BCUT2D eigenvalue weighted by molar-refractivity contribution is 7.88. The fourth-order valence-electron chi connectivity index (χ4n) is 2.90. The third-order valence-corrected chi connectivity index (χ3v) is 6.19. The number of hydrogen-bond acceptors (Lipinski definition) is 7. The number of aromatic nitrogens is 1. The minimum absolute atomic E-state index is 0.0149. The first-order valence-corrected chi connectivity index (χ1v) is 13.0. The van der Waals surface area contributed by atoms with Gasteiger partial charge in [0.1, 0.15) is 11.6 Å². The van der Waals surface area contributed by atoms with Gasteiger partial charge in [0.15, 0.2) is 0 Å². The van der Waals surface area contributed by atoms with Crippen LogP contribution in [0.25, 0.3) is 0 Å². The van der Waals surface area contributed by atoms with Gasteiger partial charge in [-0.1, -0.05) is 42.5 Å². The van der Waals surface area contributed by atoms with Gasteiger partial charge in [-0.25, -0.2) is 22.9 Å². The number of hydrogen-bond donors (Lipinski definition) is 2. The SMILES string of the molecule is CS(=O)(=O)NCCc1ccc(C(=O)OCc2csc(CC(=O)NCc3ccccc3)n2)cc1. The van der Waals surface area contributed by atoms with Crippen LogP contribution in [-0.2, 0) is 45.5 Å². The smallest absolute Gasteiger partial charge is 0.338 e. The zero-order valence-electron chi connectivity index (χ0n) is 18.1. The summed E-state index contributed by atoms with van der Waals surface area (Å²) >= 11 is 1.35. The molecule has 8 nitrogen and oxygen atoms in total. The molecule has 1 heterocycles. The Morgan fingerprint density at radius 2 is 1.76 bits per heavy atom. The topological polar surface area (TPSA) is 114 Å². The molecule has 174 valence electrons. The van der Waals surface area contributed by atoms with Gasteiger partial charge in [-0.3, -0.25) is 4.79 Å². The molecule has 0 fully saturated rings. The Labute approximate surface area is 197 Å². The lowest BCUT2D eigenvalue weighted by molar-refractivity contribution is -0.120. The fraction of sp³-hybridized carbons (Fsp3) is 0.261. The van der Waals surface area contributed by atoms with Crippen LogP contribution in [0.1, 0.15) is 32.2 Å². The van der Waals surface area contributed by atoms with Crippen LogP contribution in [0.4, 0.5) is 0 Å². The first kappa shape index (κ1) is 24.6. The van der Waals surface area contributed by atoms with Crippen LogP contribution >= 0.6 is 11.3 Å². The van der Waals surface area contributed by atoms with Gasteiger partial charge in [0.25, 0.3) is 0 Å². The molecule has 2 aromatic carbocycles. The zero-order valence-corrected chi connectivity index (χ0v) is 19.7. The average Bonchev–Trinajstić information content (AvgIpc) is 3.23. The molecule has 0 aliphatic rings. The summed E-state index contributed by atoms with van der Waals surface area (Å²) in [7, 11) is -3.22. The van der Waals surface area contributed by atoms with Crippen LogP contribution in [0.5, 0.6) is 0 Å². The quantitative estimate of drug-likeness (QED) is 0.402. The first-order valence-electron chi connectivity index (χ1n) is 10.2. The molecule has 0 aliphatic heterocycles. The number of amides is 1. The number of nitrogens with one attached hydrogen (secondary N) is 2. The summed E-state index contributed by atoms with van der Waals surface area (Å²) in [5, 5.41) is 5.28. The van der Waals surface area contributed by atoms with Gasteiger partial charge in [-0.2, -0.15) is 0 Å². The standard InChI is InChI=1S/C23H25N3O5S2/c1-33(29,30)25-12-11-17-7-9-19(10-8-17)23(28)31-15-20-16-32-22(26-20)13-21(27)24-14-18-5-3-2-4-6-18/h2-10,16,25H,11-15H2,1H3,(H,24,27). The Bertz CT molecular complexity index is 1180. The zero-order chi connectivity index (χ0) is 23.7. The molecule has 1 aromatic heterocycles. The van der Waals surface area contributed by atoms with Gasteiger partial charge in [-0.05, 0) is 29.7 Å². The first-order chi connectivity index (χ1) is 15.8. The number of esters is 1. The minimum atomic E-state index is -3.22. The van der Waals surface area contributed by atoms with Crippen molar-refractivity contribution in [2.45, 2.75) is 26.0 Å². The van der Waals surface area contributed by atoms with E-state index in [4.69, 9.17) is 4.74 Å². The highest BCUT2D eigenvalue weighted by Gasteiger charge is 2.11. The molecule has 0 unspecified atom stereocenters. The number of rotatable bonds is 11. The molecular weight excluding hydrogens is 462 g/mol. The molecule has 2 N–H and O–H groups in total. The number of sulfonamides is 1. The second-order valence-corrected chi connectivity index (χ2v) is 10.1. The molecule has 33 heavy (non-hydrogen) atoms. The van der Waals surface area contributed by atoms with E-state index < -0.39 is 16.0 Å². The Morgan fingerprint density at radius 1 is 1.03 bits per heavy atom. The van der Waals surface area contributed by atoms with Crippen molar-refractivity contribution >= 4 is 33.2 Å². The Hall–Kier alpha value is -3.08. The fourth-order valence-corrected chi connectivity index (χ4v) is 4.15. The maximum Gasteiger partial charge on any atom is 0.338 e. The summed E-state index contributed by atoms with van der Waals surface area (Å²) in [6, 6.07) is 16.5. The number of ether oxygens (including phenoxy) is 1. The predicted molar refractivity (Wildman–Crippen MR) is 126 cm³/mol. The van der Waals surface area contributed by atoms with E-state index in [1.807, 2.05) is 30.3 Å². The van der Waals surface area contributed by atoms with Crippen molar-refractivity contribution in [2.24, 2.45) is 0 Å². The van der Waals surface area contributed by atoms with Crippen molar-refractivity contribution in [3.8, 4) is 0 Å². The molecule has 3 rings (SSSR count). The molecule has 0 saturated heterocycles. The molecule has 1 amide bonds. The predicted octanol–water partition coefficient (Wildman–Crippen LogP) is 2.45. The summed E-state index contributed by atoms with van der Waals surface area (Å²) in [6.45, 7) is 0.766. The third-order valence-electron chi connectivity index (χ3n) is 4.56. The molecule has 0 atom stereocenters. The third kappa shape index (κ3) is 8.76. The van der Waals surface area contributed by atoms with E-state index in [-0.39, 0.29) is 18.9 Å². The number of thiazole rings is 1. The van der Waals surface area contributed by atoms with Gasteiger partial charge in [0.05, 0.1) is 23.9 Å². The van der Waals surface area contributed by atoms with Crippen molar-refractivity contribution in [3.05, 3.63) is 87.4 Å². The Kier molecular flexibility index (Phi) is 8.70. The summed E-state index contributed by atoms with van der Waals surface area (Å²) < 4.78 is 29.9. The molecule has 0 spiro atoms. The van der Waals surface area contributed by atoms with Crippen LogP contribution in [0.2, 0.25) is 0 Å². The van der Waals surface area contributed by atoms with Crippen molar-refractivity contribution in [2.75, 3.05) is 12.8 Å². The van der Waals surface area contributed by atoms with Crippen LogP contribution in [0.15, 0.2) is 60.0 Å². The molecule has 3 aromatic rings. The largest absolute Gasteiger partial charge is 0.456 e. The number of nitrogens with zero attached hydrogens (tertiary/aromatic N) is 1. The van der Waals surface area contributed by atoms with E-state index in [0.717, 1.165) is 17.4 Å². The lowest BCUT2D eigenvalue weighted by Crippen LogP contribution is -2.24. The lowest BCUT2D eigenvalue weighted by atomic mass is 10.1. The van der Waals surface area contributed by atoms with E-state index in [0.29, 0.717) is 35.8 Å². The minimum Gasteiger partial charge on any atom is -0.456 e. The van der Waals surface area contributed by atoms with Crippen LogP contribution in [0.3, 0.4) is 0 Å². The second-order valence-electron chi connectivity index (χ2n) is 7.36. The highest BCUT2D eigenvalue weighted by atomic mass is 32.2. The molecule has 10 heteroatoms. The van der Waals surface area contributed by atoms with Crippen LogP contribution < -0.4 is 10.0 Å². The van der Waals surface area contributed by atoms with Gasteiger partial charge in [-0.15, -0.1) is 11.3 Å². The van der Waals surface area contributed by atoms with E-state index in [9.17, 15) is 18.0 Å². The molecular formula is C23H25N3O5S2. The van der Waals surface area contributed by atoms with E-state index >= 15 is 0 Å². The second kappa shape index (κ2) is 11.7. The van der Waals surface area contributed by atoms with Crippen LogP contribution in [0, 0.1) is 0 Å². The van der Waals surface area contributed by atoms with Crippen molar-refractivity contribution in [1.29, 1.82) is 0 Å².